The van der Waals surface area contributed by atoms with Crippen LogP contribution in [0.5, 0.6) is 0 Å². The van der Waals surface area contributed by atoms with Crippen molar-refractivity contribution in [3.05, 3.63) is 0 Å². The molecule has 0 spiro atoms. The Morgan fingerprint density at radius 3 is 2.70 bits per heavy atom. The molecule has 2 aliphatic rings. The van der Waals surface area contributed by atoms with Crippen LogP contribution < -0.4 is 15.5 Å². The SMILES string of the molecule is CCNc1nc(NC2CCOC2)nc(N2CCCC2)n1. The first kappa shape index (κ1) is 13.4. The molecule has 1 aromatic heterocycles. The fourth-order valence-electron chi connectivity index (χ4n) is 2.56. The molecular formula is C13H22N6O. The zero-order chi connectivity index (χ0) is 13.8. The molecule has 0 aromatic carbocycles. The highest BCUT2D eigenvalue weighted by Gasteiger charge is 2.20. The minimum Gasteiger partial charge on any atom is -0.379 e. The highest BCUT2D eigenvalue weighted by Crippen LogP contribution is 2.19. The van der Waals surface area contributed by atoms with Crippen LogP contribution in [-0.2, 0) is 4.74 Å². The Bertz CT molecular complexity index is 442. The molecular weight excluding hydrogens is 256 g/mol. The lowest BCUT2D eigenvalue weighted by Crippen LogP contribution is -2.25. The first-order valence-corrected chi connectivity index (χ1v) is 7.44. The van der Waals surface area contributed by atoms with Gasteiger partial charge in [-0.1, -0.05) is 0 Å². The Morgan fingerprint density at radius 2 is 2.00 bits per heavy atom. The summed E-state index contributed by atoms with van der Waals surface area (Å²) in [6.45, 7) is 6.43. The van der Waals surface area contributed by atoms with Crippen molar-refractivity contribution in [3.8, 4) is 0 Å². The van der Waals surface area contributed by atoms with E-state index in [2.05, 4.69) is 30.5 Å². The van der Waals surface area contributed by atoms with Gasteiger partial charge >= 0.3 is 0 Å². The molecule has 1 unspecified atom stereocenters. The molecule has 3 heterocycles. The third kappa shape index (κ3) is 3.09. The third-order valence-corrected chi connectivity index (χ3v) is 3.61. The van der Waals surface area contributed by atoms with Crippen molar-refractivity contribution in [1.82, 2.24) is 15.0 Å². The van der Waals surface area contributed by atoms with E-state index in [0.29, 0.717) is 17.9 Å². The average molecular weight is 278 g/mol. The fourth-order valence-corrected chi connectivity index (χ4v) is 2.56. The van der Waals surface area contributed by atoms with Crippen LogP contribution >= 0.6 is 0 Å². The van der Waals surface area contributed by atoms with Crippen molar-refractivity contribution >= 4 is 17.8 Å². The van der Waals surface area contributed by atoms with E-state index in [1.807, 2.05) is 6.92 Å². The maximum Gasteiger partial charge on any atom is 0.231 e. The van der Waals surface area contributed by atoms with Gasteiger partial charge in [-0.15, -0.1) is 0 Å². The molecule has 1 aromatic rings. The quantitative estimate of drug-likeness (QED) is 0.835. The summed E-state index contributed by atoms with van der Waals surface area (Å²) in [7, 11) is 0. The van der Waals surface area contributed by atoms with E-state index in [1.54, 1.807) is 0 Å². The van der Waals surface area contributed by atoms with Crippen molar-refractivity contribution in [2.45, 2.75) is 32.2 Å². The van der Waals surface area contributed by atoms with Gasteiger partial charge in [-0.05, 0) is 26.2 Å². The molecule has 0 radical (unpaired) electrons. The van der Waals surface area contributed by atoms with E-state index in [4.69, 9.17) is 4.74 Å². The number of anilines is 3. The maximum atomic E-state index is 5.38. The number of aromatic nitrogens is 3. The summed E-state index contributed by atoms with van der Waals surface area (Å²) in [4.78, 5) is 15.7. The molecule has 2 saturated heterocycles. The number of nitrogens with zero attached hydrogens (tertiary/aromatic N) is 4. The van der Waals surface area contributed by atoms with Crippen molar-refractivity contribution in [1.29, 1.82) is 0 Å². The average Bonchev–Trinajstić information content (AvgIpc) is 3.11. The third-order valence-electron chi connectivity index (χ3n) is 3.61. The first-order valence-electron chi connectivity index (χ1n) is 7.44. The van der Waals surface area contributed by atoms with Crippen molar-refractivity contribution in [3.63, 3.8) is 0 Å². The number of nitrogens with one attached hydrogen (secondary N) is 2. The Kier molecular flexibility index (Phi) is 4.15. The molecule has 110 valence electrons. The molecule has 0 bridgehead atoms. The summed E-state index contributed by atoms with van der Waals surface area (Å²) in [5.74, 6) is 2.06. The molecule has 20 heavy (non-hydrogen) atoms. The van der Waals surface area contributed by atoms with Gasteiger partial charge in [0.2, 0.25) is 17.8 Å². The molecule has 7 nitrogen and oxygen atoms in total. The monoisotopic (exact) mass is 278 g/mol. The van der Waals surface area contributed by atoms with Crippen molar-refractivity contribution < 1.29 is 4.74 Å². The van der Waals surface area contributed by atoms with E-state index in [1.165, 1.54) is 12.8 Å². The molecule has 2 fully saturated rings. The summed E-state index contributed by atoms with van der Waals surface area (Å²) in [5.41, 5.74) is 0. The minimum atomic E-state index is 0.304. The number of rotatable bonds is 5. The second-order valence-corrected chi connectivity index (χ2v) is 5.21. The maximum absolute atomic E-state index is 5.38. The topological polar surface area (TPSA) is 75.2 Å². The van der Waals surface area contributed by atoms with Crippen molar-refractivity contribution in [2.75, 3.05) is 48.4 Å². The minimum absolute atomic E-state index is 0.304. The highest BCUT2D eigenvalue weighted by atomic mass is 16.5. The predicted molar refractivity (Wildman–Crippen MR) is 78.3 cm³/mol. The molecule has 0 amide bonds. The standard InChI is InChI=1S/C13H22N6O/c1-2-14-11-16-12(15-10-5-8-20-9-10)18-13(17-11)19-6-3-4-7-19/h10H,2-9H2,1H3,(H2,14,15,16,17,18). The lowest BCUT2D eigenvalue weighted by atomic mass is 10.3. The van der Waals surface area contributed by atoms with Crippen LogP contribution in [0, 0.1) is 0 Å². The van der Waals surface area contributed by atoms with Gasteiger partial charge in [0.15, 0.2) is 0 Å². The molecule has 2 aliphatic heterocycles. The normalized spacial score (nSPS) is 22.2. The molecule has 3 rings (SSSR count). The van der Waals surface area contributed by atoms with E-state index < -0.39 is 0 Å². The van der Waals surface area contributed by atoms with Gasteiger partial charge in [-0.25, -0.2) is 0 Å². The highest BCUT2D eigenvalue weighted by molar-refractivity contribution is 5.44. The zero-order valence-electron chi connectivity index (χ0n) is 11.9. The Labute approximate surface area is 119 Å². The van der Waals surface area contributed by atoms with Crippen molar-refractivity contribution in [2.24, 2.45) is 0 Å². The van der Waals surface area contributed by atoms with Crippen LogP contribution in [0.4, 0.5) is 17.8 Å². The largest absolute Gasteiger partial charge is 0.379 e. The van der Waals surface area contributed by atoms with Gasteiger partial charge in [0, 0.05) is 26.2 Å². The summed E-state index contributed by atoms with van der Waals surface area (Å²) < 4.78 is 5.38. The van der Waals surface area contributed by atoms with Gasteiger partial charge in [-0.2, -0.15) is 15.0 Å². The van der Waals surface area contributed by atoms with Crippen LogP contribution in [0.3, 0.4) is 0 Å². The summed E-state index contributed by atoms with van der Waals surface area (Å²) in [6.07, 6.45) is 3.42. The summed E-state index contributed by atoms with van der Waals surface area (Å²) in [5, 5.41) is 6.53. The molecule has 2 N–H and O–H groups in total. The van der Waals surface area contributed by atoms with Gasteiger partial charge in [-0.3, -0.25) is 0 Å². The van der Waals surface area contributed by atoms with E-state index in [-0.39, 0.29) is 0 Å². The zero-order valence-corrected chi connectivity index (χ0v) is 11.9. The molecule has 7 heteroatoms. The lowest BCUT2D eigenvalue weighted by Gasteiger charge is -2.18. The van der Waals surface area contributed by atoms with Gasteiger partial charge in [0.1, 0.15) is 0 Å². The summed E-state index contributed by atoms with van der Waals surface area (Å²) in [6, 6.07) is 0.304. The second kappa shape index (κ2) is 6.21. The Morgan fingerprint density at radius 1 is 1.20 bits per heavy atom. The number of ether oxygens (including phenoxy) is 1. The van der Waals surface area contributed by atoms with Crippen LogP contribution in [-0.4, -0.2) is 53.8 Å². The van der Waals surface area contributed by atoms with Crippen LogP contribution in [0.2, 0.25) is 0 Å². The summed E-state index contributed by atoms with van der Waals surface area (Å²) >= 11 is 0. The van der Waals surface area contributed by atoms with Crippen LogP contribution in [0.1, 0.15) is 26.2 Å². The fraction of sp³-hybridized carbons (Fsp3) is 0.769. The Balaban J connectivity index is 1.79. The van der Waals surface area contributed by atoms with Crippen LogP contribution in [0.15, 0.2) is 0 Å². The first-order chi connectivity index (χ1) is 9.85. The Hall–Kier alpha value is -1.63. The van der Waals surface area contributed by atoms with E-state index in [9.17, 15) is 0 Å². The molecule has 0 saturated carbocycles. The van der Waals surface area contributed by atoms with Gasteiger partial charge in [0.05, 0.1) is 12.6 Å². The number of hydrogen-bond donors (Lipinski definition) is 2. The van der Waals surface area contributed by atoms with Crippen LogP contribution in [0.25, 0.3) is 0 Å². The van der Waals surface area contributed by atoms with E-state index >= 15 is 0 Å². The van der Waals surface area contributed by atoms with Gasteiger partial charge in [0.25, 0.3) is 0 Å². The smallest absolute Gasteiger partial charge is 0.231 e. The lowest BCUT2D eigenvalue weighted by molar-refractivity contribution is 0.195. The number of hydrogen-bond acceptors (Lipinski definition) is 7. The van der Waals surface area contributed by atoms with E-state index in [0.717, 1.165) is 45.2 Å². The second-order valence-electron chi connectivity index (χ2n) is 5.21. The molecule has 1 atom stereocenters. The molecule has 0 aliphatic carbocycles. The predicted octanol–water partition coefficient (Wildman–Crippen LogP) is 1.10. The van der Waals surface area contributed by atoms with Gasteiger partial charge < -0.3 is 20.3 Å².